The second-order valence-electron chi connectivity index (χ2n) is 3.31. The molecule has 0 heterocycles. The van der Waals surface area contributed by atoms with Crippen LogP contribution in [-0.4, -0.2) is 23.2 Å². The van der Waals surface area contributed by atoms with Gasteiger partial charge >= 0.3 is 0 Å². The monoisotopic (exact) mass is 272 g/mol. The molecule has 0 radical (unpaired) electrons. The summed E-state index contributed by atoms with van der Waals surface area (Å²) in [6, 6.07) is 3.00. The number of nitrogens with zero attached hydrogens (tertiary/aromatic N) is 1. The topological polar surface area (TPSA) is 82.7 Å². The van der Waals surface area contributed by atoms with Crippen molar-refractivity contribution in [1.82, 2.24) is 5.32 Å². The molecule has 5 N–H and O–H groups in total. The second-order valence-corrected chi connectivity index (χ2v) is 4.12. The fraction of sp³-hybridized carbons (Fsp3) is 0.200. The van der Waals surface area contributed by atoms with E-state index in [4.69, 9.17) is 29.6 Å². The molecule has 0 aromatic heterocycles. The molecule has 0 bridgehead atoms. The van der Waals surface area contributed by atoms with Crippen molar-refractivity contribution in [2.45, 2.75) is 6.92 Å². The van der Waals surface area contributed by atoms with Gasteiger partial charge in [-0.15, -0.1) is 0 Å². The second kappa shape index (κ2) is 5.70. The third-order valence-electron chi connectivity index (χ3n) is 1.99. The molecule has 92 valence electrons. The summed E-state index contributed by atoms with van der Waals surface area (Å²) < 4.78 is 0. The maximum absolute atomic E-state index is 9.34. The lowest BCUT2D eigenvalue weighted by Crippen LogP contribution is -2.39. The van der Waals surface area contributed by atoms with E-state index in [1.54, 1.807) is 20.0 Å². The van der Waals surface area contributed by atoms with Crippen molar-refractivity contribution < 1.29 is 5.11 Å². The Morgan fingerprint density at radius 3 is 2.71 bits per heavy atom. The van der Waals surface area contributed by atoms with Crippen molar-refractivity contribution in [2.24, 2.45) is 10.7 Å². The third kappa shape index (κ3) is 3.76. The number of thiocarbonyl (C=S) groups is 1. The number of phenolic OH excluding ortho intramolecular Hbond substituents is 1. The first-order chi connectivity index (χ1) is 7.93. The van der Waals surface area contributed by atoms with Crippen LogP contribution >= 0.6 is 23.8 Å². The van der Waals surface area contributed by atoms with E-state index in [9.17, 15) is 5.11 Å². The van der Waals surface area contributed by atoms with Crippen LogP contribution in [0.15, 0.2) is 17.1 Å². The maximum atomic E-state index is 9.34. The van der Waals surface area contributed by atoms with Gasteiger partial charge in [-0.3, -0.25) is 4.99 Å². The normalized spacial score (nSPS) is 11.1. The van der Waals surface area contributed by atoms with Gasteiger partial charge in [0.1, 0.15) is 5.75 Å². The largest absolute Gasteiger partial charge is 0.508 e. The van der Waals surface area contributed by atoms with Gasteiger partial charge in [-0.25, -0.2) is 0 Å². The lowest BCUT2D eigenvalue weighted by Gasteiger charge is -2.13. The van der Waals surface area contributed by atoms with E-state index in [1.807, 2.05) is 0 Å². The Bertz CT molecular complexity index is 452. The number of anilines is 1. The molecule has 1 aromatic carbocycles. The molecule has 0 amide bonds. The van der Waals surface area contributed by atoms with E-state index in [-0.39, 0.29) is 16.8 Å². The van der Waals surface area contributed by atoms with Crippen molar-refractivity contribution in [3.05, 3.63) is 22.7 Å². The number of halogens is 1. The molecule has 0 aliphatic carbocycles. The van der Waals surface area contributed by atoms with Crippen molar-refractivity contribution in [3.63, 3.8) is 0 Å². The van der Waals surface area contributed by atoms with Gasteiger partial charge in [-0.1, -0.05) is 11.6 Å². The molecule has 1 aromatic rings. The summed E-state index contributed by atoms with van der Waals surface area (Å²) in [7, 11) is 1.55. The van der Waals surface area contributed by atoms with E-state index in [0.29, 0.717) is 10.7 Å². The van der Waals surface area contributed by atoms with Gasteiger partial charge in [0.05, 0.1) is 10.7 Å². The zero-order valence-corrected chi connectivity index (χ0v) is 11.0. The number of aromatic hydroxyl groups is 1. The molecule has 0 unspecified atom stereocenters. The Labute approximate surface area is 110 Å². The Morgan fingerprint density at radius 2 is 2.18 bits per heavy atom. The zero-order chi connectivity index (χ0) is 13.0. The highest BCUT2D eigenvalue weighted by molar-refractivity contribution is 7.80. The standard InChI is InChI=1S/C10H13ClN4OS/c1-5-3-6(16)4-7(11)8(5)14-10(17)15-9(12)13-2/h3-4,16H,1-2H3,(H4,12,13,14,15,17). The van der Waals surface area contributed by atoms with Gasteiger partial charge in [0.25, 0.3) is 0 Å². The van der Waals surface area contributed by atoms with E-state index < -0.39 is 0 Å². The first-order valence-corrected chi connectivity index (χ1v) is 5.52. The number of rotatable bonds is 1. The number of nitrogens with one attached hydrogen (secondary N) is 2. The minimum absolute atomic E-state index is 0.103. The molecule has 0 saturated heterocycles. The Kier molecular flexibility index (Phi) is 4.53. The molecular formula is C10H13ClN4OS. The number of hydrogen-bond acceptors (Lipinski definition) is 3. The van der Waals surface area contributed by atoms with Crippen molar-refractivity contribution in [1.29, 1.82) is 0 Å². The van der Waals surface area contributed by atoms with E-state index in [1.165, 1.54) is 6.07 Å². The summed E-state index contributed by atoms with van der Waals surface area (Å²) >= 11 is 11.0. The lowest BCUT2D eigenvalue weighted by molar-refractivity contribution is 0.475. The SMILES string of the molecule is CN=C(N)NC(=S)Nc1c(C)cc(O)cc1Cl. The summed E-state index contributed by atoms with van der Waals surface area (Å²) in [6.07, 6.45) is 0. The first-order valence-electron chi connectivity index (χ1n) is 4.73. The predicted molar refractivity (Wildman–Crippen MR) is 74.8 cm³/mol. The molecule has 7 heteroatoms. The lowest BCUT2D eigenvalue weighted by atomic mass is 10.2. The minimum Gasteiger partial charge on any atom is -0.508 e. The average Bonchev–Trinajstić information content (AvgIpc) is 2.23. The van der Waals surface area contributed by atoms with Crippen LogP contribution in [-0.2, 0) is 0 Å². The van der Waals surface area contributed by atoms with Gasteiger partial charge in [-0.05, 0) is 30.8 Å². The molecule has 17 heavy (non-hydrogen) atoms. The molecule has 5 nitrogen and oxygen atoms in total. The van der Waals surface area contributed by atoms with Crippen molar-refractivity contribution in [3.8, 4) is 5.75 Å². The number of nitrogens with two attached hydrogens (primary N) is 1. The molecule has 0 saturated carbocycles. The van der Waals surface area contributed by atoms with E-state index in [2.05, 4.69) is 15.6 Å². The number of guanidine groups is 1. The highest BCUT2D eigenvalue weighted by Gasteiger charge is 2.08. The van der Waals surface area contributed by atoms with E-state index >= 15 is 0 Å². The average molecular weight is 273 g/mol. The summed E-state index contributed by atoms with van der Waals surface area (Å²) in [5.74, 6) is 0.307. The van der Waals surface area contributed by atoms with Gasteiger partial charge in [0.2, 0.25) is 0 Å². The predicted octanol–water partition coefficient (Wildman–Crippen LogP) is 1.58. The maximum Gasteiger partial charge on any atom is 0.194 e. The van der Waals surface area contributed by atoms with Crippen LogP contribution in [0.2, 0.25) is 5.02 Å². The number of hydrogen-bond donors (Lipinski definition) is 4. The van der Waals surface area contributed by atoms with Crippen LogP contribution in [0.25, 0.3) is 0 Å². The van der Waals surface area contributed by atoms with Crippen LogP contribution in [0.4, 0.5) is 5.69 Å². The highest BCUT2D eigenvalue weighted by Crippen LogP contribution is 2.30. The Balaban J connectivity index is 2.85. The number of phenols is 1. The van der Waals surface area contributed by atoms with Crippen LogP contribution in [0.1, 0.15) is 5.56 Å². The van der Waals surface area contributed by atoms with Gasteiger partial charge in [0, 0.05) is 13.1 Å². The molecule has 0 spiro atoms. The first kappa shape index (κ1) is 13.5. The quantitative estimate of drug-likeness (QED) is 0.270. The van der Waals surface area contributed by atoms with Gasteiger partial charge in [0.15, 0.2) is 11.1 Å². The highest BCUT2D eigenvalue weighted by atomic mass is 35.5. The Hall–Kier alpha value is -1.53. The summed E-state index contributed by atoms with van der Waals surface area (Å²) in [4.78, 5) is 3.71. The minimum atomic E-state index is 0.103. The number of benzene rings is 1. The van der Waals surface area contributed by atoms with Crippen molar-refractivity contribution in [2.75, 3.05) is 12.4 Å². The number of aryl methyl sites for hydroxylation is 1. The van der Waals surface area contributed by atoms with Crippen LogP contribution in [0.5, 0.6) is 5.75 Å². The fourth-order valence-electron chi connectivity index (χ4n) is 1.20. The zero-order valence-electron chi connectivity index (χ0n) is 9.41. The molecular weight excluding hydrogens is 260 g/mol. The van der Waals surface area contributed by atoms with E-state index in [0.717, 1.165) is 5.56 Å². The van der Waals surface area contributed by atoms with Crippen LogP contribution in [0, 0.1) is 6.92 Å². The summed E-state index contributed by atoms with van der Waals surface area (Å²) in [6.45, 7) is 1.80. The Morgan fingerprint density at radius 1 is 1.53 bits per heavy atom. The van der Waals surface area contributed by atoms with Crippen LogP contribution in [0.3, 0.4) is 0 Å². The molecule has 0 aliphatic rings. The molecule has 1 rings (SSSR count). The molecule has 0 aliphatic heterocycles. The van der Waals surface area contributed by atoms with Crippen molar-refractivity contribution >= 4 is 40.6 Å². The van der Waals surface area contributed by atoms with Crippen LogP contribution < -0.4 is 16.4 Å². The third-order valence-corrected chi connectivity index (χ3v) is 2.50. The summed E-state index contributed by atoms with van der Waals surface area (Å²) in [5.41, 5.74) is 6.85. The molecule has 0 fully saturated rings. The molecule has 0 atom stereocenters. The van der Waals surface area contributed by atoms with Gasteiger partial charge < -0.3 is 21.5 Å². The fourth-order valence-corrected chi connectivity index (χ4v) is 1.72. The number of aliphatic imine (C=N–C) groups is 1. The smallest absolute Gasteiger partial charge is 0.194 e. The van der Waals surface area contributed by atoms with Gasteiger partial charge in [-0.2, -0.15) is 0 Å². The summed E-state index contributed by atoms with van der Waals surface area (Å²) in [5, 5.41) is 15.6.